The Balaban J connectivity index is 2.39. The number of nitrogens with one attached hydrogen (secondary N) is 1. The molecule has 0 bridgehead atoms. The molecule has 4 nitrogen and oxygen atoms in total. The van der Waals surface area contributed by atoms with Gasteiger partial charge in [0.25, 0.3) is 0 Å². The van der Waals surface area contributed by atoms with Crippen LogP contribution in [0.3, 0.4) is 0 Å². The molecule has 0 saturated carbocycles. The van der Waals surface area contributed by atoms with Crippen LogP contribution in [-0.2, 0) is 4.79 Å². The smallest absolute Gasteiger partial charge is 0.224 e. The van der Waals surface area contributed by atoms with Gasteiger partial charge in [-0.15, -0.1) is 0 Å². The summed E-state index contributed by atoms with van der Waals surface area (Å²) in [5.41, 5.74) is 0. The van der Waals surface area contributed by atoms with E-state index in [-0.39, 0.29) is 12.5 Å². The Labute approximate surface area is 104 Å². The fraction of sp³-hybridized carbons (Fsp3) is 0.923. The van der Waals surface area contributed by atoms with Gasteiger partial charge in [-0.1, -0.05) is 6.92 Å². The van der Waals surface area contributed by atoms with Crippen LogP contribution in [0.25, 0.3) is 0 Å². The van der Waals surface area contributed by atoms with Crippen LogP contribution in [0, 0.1) is 5.92 Å². The molecule has 2 unspecified atom stereocenters. The van der Waals surface area contributed by atoms with Crippen LogP contribution in [-0.4, -0.2) is 48.2 Å². The zero-order valence-electron chi connectivity index (χ0n) is 11.1. The number of piperidine rings is 1. The molecule has 100 valence electrons. The van der Waals surface area contributed by atoms with Crippen molar-refractivity contribution in [3.05, 3.63) is 0 Å². The number of aliphatic hydroxyl groups is 1. The monoisotopic (exact) mass is 242 g/mol. The maximum Gasteiger partial charge on any atom is 0.224 e. The zero-order valence-corrected chi connectivity index (χ0v) is 11.1. The first-order valence-electron chi connectivity index (χ1n) is 6.81. The molecule has 4 heteroatoms. The van der Waals surface area contributed by atoms with Gasteiger partial charge in [0.05, 0.1) is 0 Å². The number of aliphatic hydroxyl groups excluding tert-OH is 1. The van der Waals surface area contributed by atoms with E-state index in [2.05, 4.69) is 12.2 Å². The molecule has 0 aromatic carbocycles. The largest absolute Gasteiger partial charge is 0.396 e. The third kappa shape index (κ3) is 4.64. The van der Waals surface area contributed by atoms with Crippen LogP contribution in [0.15, 0.2) is 0 Å². The quantitative estimate of drug-likeness (QED) is 0.730. The molecular weight excluding hydrogens is 216 g/mol. The summed E-state index contributed by atoms with van der Waals surface area (Å²) in [4.78, 5) is 13.9. The number of nitrogens with zero attached hydrogens (tertiary/aromatic N) is 1. The summed E-state index contributed by atoms with van der Waals surface area (Å²) >= 11 is 0. The molecule has 0 aromatic heterocycles. The van der Waals surface area contributed by atoms with Gasteiger partial charge in [-0.25, -0.2) is 0 Å². The lowest BCUT2D eigenvalue weighted by Gasteiger charge is -2.31. The standard InChI is InChI=1S/C13H26N2O2/c1-3-15(8-5-9-16)13(17)10-12-11(2)6-4-7-14-12/h11-12,14,16H,3-10H2,1-2H3. The van der Waals surface area contributed by atoms with Gasteiger partial charge >= 0.3 is 0 Å². The van der Waals surface area contributed by atoms with Gasteiger partial charge < -0.3 is 15.3 Å². The second-order valence-corrected chi connectivity index (χ2v) is 4.93. The third-order valence-corrected chi connectivity index (χ3v) is 3.64. The Morgan fingerprint density at radius 3 is 2.88 bits per heavy atom. The molecule has 0 spiro atoms. The predicted molar refractivity (Wildman–Crippen MR) is 68.8 cm³/mol. The van der Waals surface area contributed by atoms with Crippen LogP contribution in [0.5, 0.6) is 0 Å². The topological polar surface area (TPSA) is 52.6 Å². The molecule has 2 atom stereocenters. The molecular formula is C13H26N2O2. The summed E-state index contributed by atoms with van der Waals surface area (Å²) in [5.74, 6) is 0.802. The van der Waals surface area contributed by atoms with Gasteiger partial charge in [0, 0.05) is 32.2 Å². The van der Waals surface area contributed by atoms with Gasteiger partial charge in [0.2, 0.25) is 5.91 Å². The maximum atomic E-state index is 12.1. The van der Waals surface area contributed by atoms with Gasteiger partial charge in [-0.2, -0.15) is 0 Å². The Morgan fingerprint density at radius 2 is 2.29 bits per heavy atom. The average Bonchev–Trinajstić information content (AvgIpc) is 2.33. The zero-order chi connectivity index (χ0) is 12.7. The van der Waals surface area contributed by atoms with E-state index in [0.717, 1.165) is 13.1 Å². The van der Waals surface area contributed by atoms with Gasteiger partial charge in [0.1, 0.15) is 0 Å². The number of carbonyl (C=O) groups is 1. The van der Waals surface area contributed by atoms with Gasteiger partial charge in [-0.3, -0.25) is 4.79 Å². The van der Waals surface area contributed by atoms with E-state index in [4.69, 9.17) is 5.11 Å². The fourth-order valence-electron chi connectivity index (χ4n) is 2.43. The lowest BCUT2D eigenvalue weighted by Crippen LogP contribution is -2.44. The average molecular weight is 242 g/mol. The van der Waals surface area contributed by atoms with Crippen molar-refractivity contribution in [3.8, 4) is 0 Å². The normalized spacial score (nSPS) is 24.6. The maximum absolute atomic E-state index is 12.1. The highest BCUT2D eigenvalue weighted by Crippen LogP contribution is 2.18. The van der Waals surface area contributed by atoms with Crippen molar-refractivity contribution in [2.75, 3.05) is 26.2 Å². The predicted octanol–water partition coefficient (Wildman–Crippen LogP) is 0.995. The summed E-state index contributed by atoms with van der Waals surface area (Å²) in [6.45, 7) is 6.81. The van der Waals surface area contributed by atoms with Crippen LogP contribution in [0.2, 0.25) is 0 Å². The van der Waals surface area contributed by atoms with E-state index < -0.39 is 0 Å². The van der Waals surface area contributed by atoms with Crippen molar-refractivity contribution in [3.63, 3.8) is 0 Å². The number of hydrogen-bond donors (Lipinski definition) is 2. The molecule has 1 aliphatic rings. The van der Waals surface area contributed by atoms with Crippen molar-refractivity contribution in [2.24, 2.45) is 5.92 Å². The molecule has 1 saturated heterocycles. The second kappa shape index (κ2) is 7.67. The number of rotatable bonds is 6. The first-order chi connectivity index (χ1) is 8.19. The third-order valence-electron chi connectivity index (χ3n) is 3.64. The van der Waals surface area contributed by atoms with E-state index >= 15 is 0 Å². The lowest BCUT2D eigenvalue weighted by atomic mass is 9.90. The minimum atomic E-state index is 0.155. The van der Waals surface area contributed by atoms with Crippen LogP contribution < -0.4 is 5.32 Å². The van der Waals surface area contributed by atoms with E-state index in [0.29, 0.717) is 31.3 Å². The summed E-state index contributed by atoms with van der Waals surface area (Å²) in [7, 11) is 0. The molecule has 2 N–H and O–H groups in total. The lowest BCUT2D eigenvalue weighted by molar-refractivity contribution is -0.132. The molecule has 0 aliphatic carbocycles. The minimum absolute atomic E-state index is 0.155. The minimum Gasteiger partial charge on any atom is -0.396 e. The number of hydrogen-bond acceptors (Lipinski definition) is 3. The molecule has 1 rings (SSSR count). The van der Waals surface area contributed by atoms with Crippen molar-refractivity contribution >= 4 is 5.91 Å². The Bertz CT molecular complexity index is 233. The van der Waals surface area contributed by atoms with E-state index in [1.165, 1.54) is 12.8 Å². The van der Waals surface area contributed by atoms with Crippen LogP contribution in [0.1, 0.15) is 39.5 Å². The first-order valence-corrected chi connectivity index (χ1v) is 6.81. The molecule has 1 fully saturated rings. The first kappa shape index (κ1) is 14.5. The van der Waals surface area contributed by atoms with Crippen molar-refractivity contribution < 1.29 is 9.90 Å². The van der Waals surface area contributed by atoms with Crippen LogP contribution >= 0.6 is 0 Å². The summed E-state index contributed by atoms with van der Waals surface area (Å²) < 4.78 is 0. The highest BCUT2D eigenvalue weighted by atomic mass is 16.3. The van der Waals surface area contributed by atoms with Gasteiger partial charge in [0.15, 0.2) is 0 Å². The molecule has 0 aromatic rings. The Hall–Kier alpha value is -0.610. The molecule has 1 heterocycles. The Kier molecular flexibility index (Phi) is 6.52. The molecule has 1 aliphatic heterocycles. The highest BCUT2D eigenvalue weighted by molar-refractivity contribution is 5.76. The molecule has 17 heavy (non-hydrogen) atoms. The summed E-state index contributed by atoms with van der Waals surface area (Å²) in [5, 5.41) is 12.2. The fourth-order valence-corrected chi connectivity index (χ4v) is 2.43. The SMILES string of the molecule is CCN(CCCO)C(=O)CC1NCCCC1C. The van der Waals surface area contributed by atoms with Crippen molar-refractivity contribution in [1.82, 2.24) is 10.2 Å². The van der Waals surface area contributed by atoms with Crippen molar-refractivity contribution in [1.29, 1.82) is 0 Å². The molecule has 1 amide bonds. The van der Waals surface area contributed by atoms with Crippen LogP contribution in [0.4, 0.5) is 0 Å². The molecule has 0 radical (unpaired) electrons. The van der Waals surface area contributed by atoms with E-state index in [9.17, 15) is 4.79 Å². The summed E-state index contributed by atoms with van der Waals surface area (Å²) in [6.07, 6.45) is 3.70. The van der Waals surface area contributed by atoms with Gasteiger partial charge in [-0.05, 0) is 38.6 Å². The number of carbonyl (C=O) groups excluding carboxylic acids is 1. The second-order valence-electron chi connectivity index (χ2n) is 4.93. The Morgan fingerprint density at radius 1 is 1.53 bits per heavy atom. The highest BCUT2D eigenvalue weighted by Gasteiger charge is 2.24. The van der Waals surface area contributed by atoms with Crippen molar-refractivity contribution in [2.45, 2.75) is 45.6 Å². The summed E-state index contributed by atoms with van der Waals surface area (Å²) in [6, 6.07) is 0.333. The number of amides is 1. The van der Waals surface area contributed by atoms with E-state index in [1.807, 2.05) is 11.8 Å². The van der Waals surface area contributed by atoms with E-state index in [1.54, 1.807) is 0 Å².